The zero-order valence-corrected chi connectivity index (χ0v) is 11.1. The van der Waals surface area contributed by atoms with Crippen molar-refractivity contribution in [3.63, 3.8) is 0 Å². The second kappa shape index (κ2) is 7.82. The van der Waals surface area contributed by atoms with Crippen LogP contribution in [0.2, 0.25) is 0 Å². The Morgan fingerprint density at radius 1 is 1.13 bits per heavy atom. The van der Waals surface area contributed by atoms with Crippen LogP contribution < -0.4 is 0 Å². The van der Waals surface area contributed by atoms with Crippen LogP contribution in [0.3, 0.4) is 0 Å². The number of esters is 1. The van der Waals surface area contributed by atoms with E-state index in [0.717, 1.165) is 4.24 Å². The number of carbonyl (C=O) groups is 2. The standard InChI is InChI=1S/C10H16O3S2/c1-5-7(11)8(9(12)13-6-2)10(14-3)15-4/h5-6H2,1-4H3. The number of hydrogen-bond donors (Lipinski definition) is 0. The Kier molecular flexibility index (Phi) is 7.60. The first kappa shape index (κ1) is 14.6. The van der Waals surface area contributed by atoms with Crippen LogP contribution in [0, 0.1) is 0 Å². The van der Waals surface area contributed by atoms with Gasteiger partial charge < -0.3 is 4.74 Å². The first-order valence-corrected chi connectivity index (χ1v) is 7.09. The predicted octanol–water partition coefficient (Wildman–Crippen LogP) is 2.47. The highest BCUT2D eigenvalue weighted by molar-refractivity contribution is 8.21. The van der Waals surface area contributed by atoms with Gasteiger partial charge in [0.05, 0.1) is 10.8 Å². The Morgan fingerprint density at radius 2 is 1.67 bits per heavy atom. The monoisotopic (exact) mass is 248 g/mol. The molecule has 3 nitrogen and oxygen atoms in total. The van der Waals surface area contributed by atoms with E-state index in [1.54, 1.807) is 13.8 Å². The van der Waals surface area contributed by atoms with E-state index in [2.05, 4.69) is 0 Å². The van der Waals surface area contributed by atoms with Crippen molar-refractivity contribution in [3.05, 3.63) is 9.81 Å². The van der Waals surface area contributed by atoms with Crippen LogP contribution in [-0.2, 0) is 14.3 Å². The third kappa shape index (κ3) is 4.30. The average molecular weight is 248 g/mol. The zero-order valence-electron chi connectivity index (χ0n) is 9.46. The molecule has 0 amide bonds. The molecule has 0 bridgehead atoms. The molecule has 0 fully saturated rings. The van der Waals surface area contributed by atoms with Gasteiger partial charge in [0.25, 0.3) is 0 Å². The minimum absolute atomic E-state index is 0.160. The minimum Gasteiger partial charge on any atom is -0.462 e. The highest BCUT2D eigenvalue weighted by Crippen LogP contribution is 2.29. The first-order chi connectivity index (χ1) is 7.12. The van der Waals surface area contributed by atoms with Gasteiger partial charge in [-0.25, -0.2) is 4.79 Å². The summed E-state index contributed by atoms with van der Waals surface area (Å²) in [4.78, 5) is 23.2. The molecular weight excluding hydrogens is 232 g/mol. The van der Waals surface area contributed by atoms with Gasteiger partial charge in [-0.1, -0.05) is 6.92 Å². The summed E-state index contributed by atoms with van der Waals surface area (Å²) >= 11 is 2.79. The maximum atomic E-state index is 11.6. The minimum atomic E-state index is -0.511. The Labute approximate surface area is 99.0 Å². The van der Waals surface area contributed by atoms with Crippen LogP contribution in [0.15, 0.2) is 9.81 Å². The Morgan fingerprint density at radius 3 is 2.00 bits per heavy atom. The molecule has 15 heavy (non-hydrogen) atoms. The maximum Gasteiger partial charge on any atom is 0.343 e. The number of thioether (sulfide) groups is 2. The van der Waals surface area contributed by atoms with Gasteiger partial charge in [-0.3, -0.25) is 4.79 Å². The number of ketones is 1. The molecule has 0 N–H and O–H groups in total. The predicted molar refractivity (Wildman–Crippen MR) is 66.0 cm³/mol. The lowest BCUT2D eigenvalue weighted by atomic mass is 10.1. The largest absolute Gasteiger partial charge is 0.462 e. The molecular formula is C10H16O3S2. The average Bonchev–Trinajstić information content (AvgIpc) is 2.24. The lowest BCUT2D eigenvalue weighted by Crippen LogP contribution is -2.16. The Bertz CT molecular complexity index is 266. The topological polar surface area (TPSA) is 43.4 Å². The van der Waals surface area contributed by atoms with E-state index in [4.69, 9.17) is 4.74 Å². The molecule has 0 saturated heterocycles. The molecule has 86 valence electrons. The number of ether oxygens (including phenoxy) is 1. The fourth-order valence-electron chi connectivity index (χ4n) is 0.979. The summed E-state index contributed by atoms with van der Waals surface area (Å²) in [5.74, 6) is -0.671. The molecule has 0 atom stereocenters. The van der Waals surface area contributed by atoms with E-state index < -0.39 is 5.97 Å². The molecule has 0 aliphatic rings. The summed E-state index contributed by atoms with van der Waals surface area (Å²) in [6, 6.07) is 0. The highest BCUT2D eigenvalue weighted by atomic mass is 32.2. The van der Waals surface area contributed by atoms with E-state index >= 15 is 0 Å². The summed E-state index contributed by atoms with van der Waals surface area (Å²) in [6.07, 6.45) is 4.00. The second-order valence-electron chi connectivity index (χ2n) is 2.57. The van der Waals surface area contributed by atoms with Gasteiger partial charge in [-0.2, -0.15) is 0 Å². The van der Waals surface area contributed by atoms with Crippen molar-refractivity contribution < 1.29 is 14.3 Å². The van der Waals surface area contributed by atoms with Crippen LogP contribution in [0.5, 0.6) is 0 Å². The van der Waals surface area contributed by atoms with Crippen LogP contribution in [0.4, 0.5) is 0 Å². The lowest BCUT2D eigenvalue weighted by molar-refractivity contribution is -0.140. The van der Waals surface area contributed by atoms with Gasteiger partial charge in [0.15, 0.2) is 5.78 Å². The lowest BCUT2D eigenvalue weighted by Gasteiger charge is -2.09. The normalized spacial score (nSPS) is 9.60. The summed E-state index contributed by atoms with van der Waals surface area (Å²) in [6.45, 7) is 3.75. The molecule has 0 radical (unpaired) electrons. The fourth-order valence-corrected chi connectivity index (χ4v) is 2.45. The summed E-state index contributed by atoms with van der Waals surface area (Å²) in [5, 5.41) is 0. The molecule has 0 unspecified atom stereocenters. The first-order valence-electron chi connectivity index (χ1n) is 4.64. The van der Waals surface area contributed by atoms with E-state index in [-0.39, 0.29) is 18.0 Å². The number of carbonyl (C=O) groups excluding carboxylic acids is 2. The number of Topliss-reactive ketones (excluding diaryl/α,β-unsaturated/α-hetero) is 1. The highest BCUT2D eigenvalue weighted by Gasteiger charge is 2.22. The maximum absolute atomic E-state index is 11.6. The van der Waals surface area contributed by atoms with Crippen molar-refractivity contribution in [1.29, 1.82) is 0 Å². The molecule has 0 heterocycles. The molecule has 0 aromatic heterocycles. The molecule has 0 aromatic rings. The Hall–Kier alpha value is -0.420. The third-order valence-corrected chi connectivity index (χ3v) is 3.80. The molecule has 0 spiro atoms. The quantitative estimate of drug-likeness (QED) is 0.313. The smallest absolute Gasteiger partial charge is 0.343 e. The molecule has 5 heteroatoms. The van der Waals surface area contributed by atoms with Crippen molar-refractivity contribution in [2.75, 3.05) is 19.1 Å². The van der Waals surface area contributed by atoms with E-state index in [1.807, 2.05) is 12.5 Å². The van der Waals surface area contributed by atoms with Crippen molar-refractivity contribution >= 4 is 35.3 Å². The van der Waals surface area contributed by atoms with Gasteiger partial charge in [-0.05, 0) is 19.4 Å². The van der Waals surface area contributed by atoms with E-state index in [1.165, 1.54) is 23.5 Å². The van der Waals surface area contributed by atoms with E-state index in [9.17, 15) is 9.59 Å². The van der Waals surface area contributed by atoms with Gasteiger partial charge >= 0.3 is 5.97 Å². The number of rotatable bonds is 6. The van der Waals surface area contributed by atoms with Crippen molar-refractivity contribution in [1.82, 2.24) is 0 Å². The van der Waals surface area contributed by atoms with Crippen LogP contribution in [-0.4, -0.2) is 30.9 Å². The number of hydrogen-bond acceptors (Lipinski definition) is 5. The molecule has 0 aliphatic heterocycles. The fraction of sp³-hybridized carbons (Fsp3) is 0.600. The zero-order chi connectivity index (χ0) is 11.8. The Balaban J connectivity index is 5.11. The van der Waals surface area contributed by atoms with Crippen molar-refractivity contribution in [2.45, 2.75) is 20.3 Å². The summed E-state index contributed by atoms with van der Waals surface area (Å²) < 4.78 is 5.59. The summed E-state index contributed by atoms with van der Waals surface area (Å²) in [7, 11) is 0. The van der Waals surface area contributed by atoms with Crippen molar-refractivity contribution in [3.8, 4) is 0 Å². The molecule has 0 aliphatic carbocycles. The third-order valence-electron chi connectivity index (χ3n) is 1.65. The molecule has 0 saturated carbocycles. The van der Waals surface area contributed by atoms with Gasteiger partial charge in [0.2, 0.25) is 0 Å². The SMILES string of the molecule is CCOC(=O)C(C(=O)CC)=C(SC)SC. The van der Waals surface area contributed by atoms with Gasteiger partial charge in [-0.15, -0.1) is 23.5 Å². The van der Waals surface area contributed by atoms with Crippen LogP contribution in [0.1, 0.15) is 20.3 Å². The molecule has 0 rings (SSSR count). The molecule has 0 aromatic carbocycles. The van der Waals surface area contributed by atoms with Gasteiger partial charge in [0.1, 0.15) is 5.57 Å². The van der Waals surface area contributed by atoms with E-state index in [0.29, 0.717) is 6.42 Å². The van der Waals surface area contributed by atoms with Gasteiger partial charge in [0, 0.05) is 6.42 Å². The summed E-state index contributed by atoms with van der Waals surface area (Å²) in [5.41, 5.74) is 0.194. The second-order valence-corrected chi connectivity index (χ2v) is 4.46. The van der Waals surface area contributed by atoms with Crippen molar-refractivity contribution in [2.24, 2.45) is 0 Å². The van der Waals surface area contributed by atoms with Crippen LogP contribution >= 0.6 is 23.5 Å². The van der Waals surface area contributed by atoms with Crippen LogP contribution in [0.25, 0.3) is 0 Å².